The molecule has 4 aromatic rings. The number of aryl methyl sites for hydroxylation is 1. The maximum absolute atomic E-state index is 15.0. The standard InChI is InChI=1S/C25H27FN6O3/c1-15-6-5-7-20(30-15)35-19-9-8-16(12-18(19)26)17-13-32(23-21(17)22(27)28-14-29-23)10-11-34-24(33)31-25(2,3)4/h5-9,12-14H,10-11H2,1-4H3,(H,31,33)(H2,27,28,29). The Morgan fingerprint density at radius 3 is 2.71 bits per heavy atom. The van der Waals surface area contributed by atoms with E-state index in [1.807, 2.05) is 33.8 Å². The van der Waals surface area contributed by atoms with Gasteiger partial charge in [0.15, 0.2) is 11.6 Å². The van der Waals surface area contributed by atoms with E-state index in [0.29, 0.717) is 34.6 Å². The van der Waals surface area contributed by atoms with E-state index in [4.69, 9.17) is 15.2 Å². The number of alkyl carbamates (subject to hydrolysis) is 1. The molecule has 0 aliphatic carbocycles. The number of aromatic nitrogens is 4. The lowest BCUT2D eigenvalue weighted by atomic mass is 10.1. The highest BCUT2D eigenvalue weighted by Crippen LogP contribution is 2.35. The molecule has 0 atom stereocenters. The number of nitrogens with zero attached hydrogens (tertiary/aromatic N) is 4. The van der Waals surface area contributed by atoms with E-state index in [2.05, 4.69) is 20.3 Å². The first kappa shape index (κ1) is 23.9. The van der Waals surface area contributed by atoms with E-state index in [0.717, 1.165) is 5.69 Å². The number of carbonyl (C=O) groups is 1. The number of halogens is 1. The van der Waals surface area contributed by atoms with Crippen LogP contribution in [0.25, 0.3) is 22.2 Å². The molecule has 35 heavy (non-hydrogen) atoms. The quantitative estimate of drug-likeness (QED) is 0.407. The van der Waals surface area contributed by atoms with Gasteiger partial charge in [0.05, 0.1) is 11.9 Å². The number of ether oxygens (including phenoxy) is 2. The SMILES string of the molecule is Cc1cccc(Oc2ccc(-c3cn(CCOC(=O)NC(C)(C)C)c4ncnc(N)c34)cc2F)n1. The van der Waals surface area contributed by atoms with Gasteiger partial charge in [-0.3, -0.25) is 0 Å². The van der Waals surface area contributed by atoms with E-state index in [9.17, 15) is 9.18 Å². The topological polar surface area (TPSA) is 117 Å². The van der Waals surface area contributed by atoms with Crippen molar-refractivity contribution in [2.45, 2.75) is 39.8 Å². The van der Waals surface area contributed by atoms with Crippen LogP contribution < -0.4 is 15.8 Å². The Morgan fingerprint density at radius 2 is 2.00 bits per heavy atom. The lowest BCUT2D eigenvalue weighted by Gasteiger charge is -2.20. The van der Waals surface area contributed by atoms with Crippen molar-refractivity contribution in [3.63, 3.8) is 0 Å². The summed E-state index contributed by atoms with van der Waals surface area (Å²) in [6.45, 7) is 7.87. The summed E-state index contributed by atoms with van der Waals surface area (Å²) in [7, 11) is 0. The molecule has 3 heterocycles. The van der Waals surface area contributed by atoms with Crippen LogP contribution in [-0.2, 0) is 11.3 Å². The first-order chi connectivity index (χ1) is 16.6. The summed E-state index contributed by atoms with van der Waals surface area (Å²) >= 11 is 0. The monoisotopic (exact) mass is 478 g/mol. The van der Waals surface area contributed by atoms with Gasteiger partial charge in [-0.05, 0) is 51.5 Å². The molecule has 0 spiro atoms. The second kappa shape index (κ2) is 9.57. The van der Waals surface area contributed by atoms with Crippen molar-refractivity contribution in [2.24, 2.45) is 0 Å². The lowest BCUT2D eigenvalue weighted by Crippen LogP contribution is -2.41. The summed E-state index contributed by atoms with van der Waals surface area (Å²) in [5.41, 5.74) is 8.29. The van der Waals surface area contributed by atoms with Gasteiger partial charge in [-0.2, -0.15) is 0 Å². The predicted octanol–water partition coefficient (Wildman–Crippen LogP) is 4.84. The van der Waals surface area contributed by atoms with E-state index in [-0.39, 0.29) is 18.2 Å². The summed E-state index contributed by atoms with van der Waals surface area (Å²) < 4.78 is 27.7. The number of hydrogen-bond donors (Lipinski definition) is 2. The van der Waals surface area contributed by atoms with Crippen molar-refractivity contribution in [2.75, 3.05) is 12.3 Å². The van der Waals surface area contributed by atoms with Crippen LogP contribution in [0.5, 0.6) is 11.6 Å². The molecule has 10 heteroatoms. The van der Waals surface area contributed by atoms with E-state index in [1.165, 1.54) is 18.5 Å². The zero-order chi connectivity index (χ0) is 25.2. The smallest absolute Gasteiger partial charge is 0.407 e. The van der Waals surface area contributed by atoms with Gasteiger partial charge in [0.1, 0.15) is 24.4 Å². The van der Waals surface area contributed by atoms with Gasteiger partial charge in [0, 0.05) is 29.1 Å². The van der Waals surface area contributed by atoms with Crippen molar-refractivity contribution in [1.29, 1.82) is 0 Å². The Hall–Kier alpha value is -4.21. The fourth-order valence-electron chi connectivity index (χ4n) is 3.55. The number of anilines is 1. The number of rotatable bonds is 6. The van der Waals surface area contributed by atoms with Crippen LogP contribution >= 0.6 is 0 Å². The zero-order valence-electron chi connectivity index (χ0n) is 20.0. The largest absolute Gasteiger partial charge is 0.448 e. The van der Waals surface area contributed by atoms with Crippen molar-refractivity contribution in [1.82, 2.24) is 24.8 Å². The molecule has 0 unspecified atom stereocenters. The molecular formula is C25H27FN6O3. The summed E-state index contributed by atoms with van der Waals surface area (Å²) in [6, 6.07) is 9.92. The van der Waals surface area contributed by atoms with Gasteiger partial charge in [0.2, 0.25) is 5.88 Å². The van der Waals surface area contributed by atoms with Crippen LogP contribution in [0.2, 0.25) is 0 Å². The molecular weight excluding hydrogens is 451 g/mol. The first-order valence-corrected chi connectivity index (χ1v) is 11.1. The average molecular weight is 479 g/mol. The molecule has 0 saturated carbocycles. The van der Waals surface area contributed by atoms with Gasteiger partial charge < -0.3 is 25.1 Å². The molecule has 0 radical (unpaired) electrons. The van der Waals surface area contributed by atoms with Crippen molar-refractivity contribution >= 4 is 22.9 Å². The minimum absolute atomic E-state index is 0.0538. The Kier molecular flexibility index (Phi) is 6.54. The number of nitrogens with two attached hydrogens (primary N) is 1. The number of nitrogen functional groups attached to an aromatic ring is 1. The van der Waals surface area contributed by atoms with Crippen molar-refractivity contribution < 1.29 is 18.7 Å². The number of benzene rings is 1. The average Bonchev–Trinajstić information content (AvgIpc) is 3.14. The fraction of sp³-hybridized carbons (Fsp3) is 0.280. The zero-order valence-corrected chi connectivity index (χ0v) is 20.0. The Labute approximate surface area is 202 Å². The Bertz CT molecular complexity index is 1380. The maximum atomic E-state index is 15.0. The molecule has 182 valence electrons. The molecule has 3 N–H and O–H groups in total. The summed E-state index contributed by atoms with van der Waals surface area (Å²) in [6.07, 6.45) is 2.64. The number of nitrogens with one attached hydrogen (secondary N) is 1. The second-order valence-corrected chi connectivity index (χ2v) is 9.07. The van der Waals surface area contributed by atoms with E-state index in [1.54, 1.807) is 29.0 Å². The van der Waals surface area contributed by atoms with Crippen LogP contribution in [0, 0.1) is 12.7 Å². The number of carbonyl (C=O) groups excluding carboxylic acids is 1. The second-order valence-electron chi connectivity index (χ2n) is 9.07. The molecule has 0 bridgehead atoms. The summed E-state index contributed by atoms with van der Waals surface area (Å²) in [5.74, 6) is 0.0728. The Balaban J connectivity index is 1.59. The molecule has 1 aromatic carbocycles. The normalized spacial score (nSPS) is 11.5. The van der Waals surface area contributed by atoms with Gasteiger partial charge in [-0.15, -0.1) is 0 Å². The molecule has 3 aromatic heterocycles. The molecule has 1 amide bonds. The third kappa shape index (κ3) is 5.65. The molecule has 9 nitrogen and oxygen atoms in total. The van der Waals surface area contributed by atoms with Crippen LogP contribution in [0.15, 0.2) is 48.9 Å². The van der Waals surface area contributed by atoms with Crippen LogP contribution in [0.3, 0.4) is 0 Å². The molecule has 0 fully saturated rings. The number of amides is 1. The highest BCUT2D eigenvalue weighted by atomic mass is 19.1. The van der Waals surface area contributed by atoms with Gasteiger partial charge in [0.25, 0.3) is 0 Å². The van der Waals surface area contributed by atoms with Crippen LogP contribution in [-0.4, -0.2) is 37.8 Å². The maximum Gasteiger partial charge on any atom is 0.407 e. The van der Waals surface area contributed by atoms with Crippen LogP contribution in [0.1, 0.15) is 26.5 Å². The van der Waals surface area contributed by atoms with Gasteiger partial charge in [-0.1, -0.05) is 12.1 Å². The third-order valence-corrected chi connectivity index (χ3v) is 5.05. The van der Waals surface area contributed by atoms with Crippen molar-refractivity contribution in [3.8, 4) is 22.8 Å². The molecule has 0 aliphatic rings. The number of hydrogen-bond acceptors (Lipinski definition) is 7. The van der Waals surface area contributed by atoms with E-state index >= 15 is 0 Å². The fourth-order valence-corrected chi connectivity index (χ4v) is 3.55. The van der Waals surface area contributed by atoms with Gasteiger partial charge >= 0.3 is 6.09 Å². The summed E-state index contributed by atoms with van der Waals surface area (Å²) in [4.78, 5) is 24.6. The van der Waals surface area contributed by atoms with E-state index < -0.39 is 17.4 Å². The highest BCUT2D eigenvalue weighted by Gasteiger charge is 2.18. The molecule has 0 aliphatic heterocycles. The number of pyridine rings is 1. The highest BCUT2D eigenvalue weighted by molar-refractivity contribution is 6.00. The van der Waals surface area contributed by atoms with Crippen molar-refractivity contribution in [3.05, 3.63) is 60.4 Å². The summed E-state index contributed by atoms with van der Waals surface area (Å²) in [5, 5.41) is 3.32. The Morgan fingerprint density at radius 1 is 1.20 bits per heavy atom. The predicted molar refractivity (Wildman–Crippen MR) is 131 cm³/mol. The minimum atomic E-state index is -0.552. The third-order valence-electron chi connectivity index (χ3n) is 5.05. The number of fused-ring (bicyclic) bond motifs is 1. The lowest BCUT2D eigenvalue weighted by molar-refractivity contribution is 0.134. The van der Waals surface area contributed by atoms with Crippen LogP contribution in [0.4, 0.5) is 15.0 Å². The minimum Gasteiger partial charge on any atom is -0.448 e. The molecule has 4 rings (SSSR count). The van der Waals surface area contributed by atoms with Gasteiger partial charge in [-0.25, -0.2) is 24.1 Å². The molecule has 0 saturated heterocycles. The first-order valence-electron chi connectivity index (χ1n) is 11.1.